The maximum Gasteiger partial charge on any atom is 0.338 e. The molecular formula is C27H21NO5S2. The minimum atomic E-state index is -1.21. The number of benzene rings is 3. The number of amides is 1. The van der Waals surface area contributed by atoms with Crippen molar-refractivity contribution in [2.45, 2.75) is 12.5 Å². The molecule has 1 fully saturated rings. The van der Waals surface area contributed by atoms with Gasteiger partial charge in [0.2, 0.25) is 0 Å². The number of esters is 1. The molecule has 0 aliphatic carbocycles. The van der Waals surface area contributed by atoms with Crippen LogP contribution in [0.25, 0.3) is 6.08 Å². The number of thiocarbonyl (C=S) groups is 1. The molecule has 0 bridgehead atoms. The number of thioether (sulfide) groups is 1. The fourth-order valence-corrected chi connectivity index (χ4v) is 4.91. The van der Waals surface area contributed by atoms with E-state index in [9.17, 15) is 19.5 Å². The minimum Gasteiger partial charge on any atom is -0.479 e. The predicted octanol–water partition coefficient (Wildman–Crippen LogP) is 5.11. The SMILES string of the molecule is O=C(OCCc1ccccc1)c1ccc(/C=C2\SC(=S)N([C@@H](C(=O)O)c3ccccc3)C2=O)cc1. The van der Waals surface area contributed by atoms with E-state index in [0.29, 0.717) is 28.0 Å². The highest BCUT2D eigenvalue weighted by Gasteiger charge is 2.41. The molecule has 1 amide bonds. The zero-order valence-corrected chi connectivity index (χ0v) is 20.1. The lowest BCUT2D eigenvalue weighted by molar-refractivity contribution is -0.145. The van der Waals surface area contributed by atoms with Crippen LogP contribution in [0.4, 0.5) is 0 Å². The first-order valence-electron chi connectivity index (χ1n) is 10.8. The van der Waals surface area contributed by atoms with Gasteiger partial charge in [-0.25, -0.2) is 9.59 Å². The molecule has 1 atom stereocenters. The van der Waals surface area contributed by atoms with Crippen molar-refractivity contribution >= 4 is 52.2 Å². The quantitative estimate of drug-likeness (QED) is 0.260. The zero-order valence-electron chi connectivity index (χ0n) is 18.5. The van der Waals surface area contributed by atoms with Crippen molar-refractivity contribution in [3.8, 4) is 0 Å². The van der Waals surface area contributed by atoms with Crippen molar-refractivity contribution < 1.29 is 24.2 Å². The first-order chi connectivity index (χ1) is 16.9. The average molecular weight is 504 g/mol. The molecule has 6 nitrogen and oxygen atoms in total. The predicted molar refractivity (Wildman–Crippen MR) is 139 cm³/mol. The van der Waals surface area contributed by atoms with Gasteiger partial charge >= 0.3 is 11.9 Å². The smallest absolute Gasteiger partial charge is 0.338 e. The van der Waals surface area contributed by atoms with Crippen LogP contribution in [0.5, 0.6) is 0 Å². The Kier molecular flexibility index (Phi) is 7.74. The summed E-state index contributed by atoms with van der Waals surface area (Å²) in [4.78, 5) is 38.8. The molecule has 1 heterocycles. The second kappa shape index (κ2) is 11.1. The lowest BCUT2D eigenvalue weighted by Gasteiger charge is -2.23. The summed E-state index contributed by atoms with van der Waals surface area (Å²) in [7, 11) is 0. The van der Waals surface area contributed by atoms with Gasteiger partial charge in [-0.2, -0.15) is 0 Å². The molecule has 0 unspecified atom stereocenters. The molecule has 1 saturated heterocycles. The van der Waals surface area contributed by atoms with Crippen LogP contribution in [0.15, 0.2) is 89.8 Å². The number of aliphatic carboxylic acids is 1. The molecular weight excluding hydrogens is 482 g/mol. The maximum absolute atomic E-state index is 13.1. The van der Waals surface area contributed by atoms with Crippen LogP contribution in [-0.4, -0.2) is 38.8 Å². The molecule has 1 N–H and O–H groups in total. The van der Waals surface area contributed by atoms with Gasteiger partial charge in [0.05, 0.1) is 17.1 Å². The van der Waals surface area contributed by atoms with Crippen molar-refractivity contribution in [3.05, 3.63) is 112 Å². The third-order valence-corrected chi connectivity index (χ3v) is 6.67. The highest BCUT2D eigenvalue weighted by atomic mass is 32.2. The van der Waals surface area contributed by atoms with E-state index >= 15 is 0 Å². The Morgan fingerprint density at radius 2 is 1.60 bits per heavy atom. The monoisotopic (exact) mass is 503 g/mol. The summed E-state index contributed by atoms with van der Waals surface area (Å²) >= 11 is 6.39. The highest BCUT2D eigenvalue weighted by molar-refractivity contribution is 8.26. The van der Waals surface area contributed by atoms with Crippen molar-refractivity contribution in [2.24, 2.45) is 0 Å². The molecule has 35 heavy (non-hydrogen) atoms. The highest BCUT2D eigenvalue weighted by Crippen LogP contribution is 2.38. The number of carboxylic acid groups (broad SMARTS) is 1. The van der Waals surface area contributed by atoms with Gasteiger partial charge in [-0.3, -0.25) is 9.69 Å². The fraction of sp³-hybridized carbons (Fsp3) is 0.111. The van der Waals surface area contributed by atoms with E-state index in [4.69, 9.17) is 17.0 Å². The largest absolute Gasteiger partial charge is 0.479 e. The molecule has 3 aromatic rings. The molecule has 0 saturated carbocycles. The van der Waals surface area contributed by atoms with Crippen molar-refractivity contribution in [2.75, 3.05) is 6.61 Å². The van der Waals surface area contributed by atoms with Crippen LogP contribution in [0.1, 0.15) is 33.1 Å². The third kappa shape index (κ3) is 5.85. The van der Waals surface area contributed by atoms with Gasteiger partial charge in [0.1, 0.15) is 4.32 Å². The van der Waals surface area contributed by atoms with E-state index in [1.54, 1.807) is 60.7 Å². The fourth-order valence-electron chi connectivity index (χ4n) is 3.60. The summed E-state index contributed by atoms with van der Waals surface area (Å²) in [5.74, 6) is -2.06. The molecule has 0 aromatic heterocycles. The Bertz CT molecular complexity index is 1270. The second-order valence-electron chi connectivity index (χ2n) is 7.70. The average Bonchev–Trinajstić information content (AvgIpc) is 3.13. The van der Waals surface area contributed by atoms with Gasteiger partial charge in [0.25, 0.3) is 5.91 Å². The topological polar surface area (TPSA) is 83.9 Å². The van der Waals surface area contributed by atoms with Crippen LogP contribution in [0, 0.1) is 0 Å². The van der Waals surface area contributed by atoms with Gasteiger partial charge in [-0.05, 0) is 34.9 Å². The van der Waals surface area contributed by atoms with Crippen LogP contribution >= 0.6 is 24.0 Å². The van der Waals surface area contributed by atoms with Gasteiger partial charge in [-0.1, -0.05) is 96.8 Å². The van der Waals surface area contributed by atoms with Crippen LogP contribution in [-0.2, 0) is 20.7 Å². The van der Waals surface area contributed by atoms with E-state index in [2.05, 4.69) is 0 Å². The van der Waals surface area contributed by atoms with Gasteiger partial charge in [-0.15, -0.1) is 0 Å². The normalized spacial score (nSPS) is 15.3. The molecule has 8 heteroatoms. The Hall–Kier alpha value is -3.75. The van der Waals surface area contributed by atoms with E-state index in [-0.39, 0.29) is 10.9 Å². The molecule has 0 radical (unpaired) electrons. The second-order valence-corrected chi connectivity index (χ2v) is 9.37. The Morgan fingerprint density at radius 3 is 2.23 bits per heavy atom. The van der Waals surface area contributed by atoms with Gasteiger partial charge < -0.3 is 9.84 Å². The zero-order chi connectivity index (χ0) is 24.8. The number of ether oxygens (including phenoxy) is 1. The first kappa shape index (κ1) is 24.4. The van der Waals surface area contributed by atoms with Crippen molar-refractivity contribution in [1.29, 1.82) is 0 Å². The van der Waals surface area contributed by atoms with E-state index in [1.807, 2.05) is 30.3 Å². The summed E-state index contributed by atoms with van der Waals surface area (Å²) in [6.07, 6.45) is 2.26. The van der Waals surface area contributed by atoms with E-state index < -0.39 is 23.9 Å². The summed E-state index contributed by atoms with van der Waals surface area (Å²) in [5.41, 5.74) is 2.63. The summed E-state index contributed by atoms with van der Waals surface area (Å²) in [6.45, 7) is 0.277. The Morgan fingerprint density at radius 1 is 0.971 bits per heavy atom. The number of nitrogens with zero attached hydrogens (tertiary/aromatic N) is 1. The number of hydrogen-bond donors (Lipinski definition) is 1. The molecule has 1 aliphatic heterocycles. The van der Waals surface area contributed by atoms with Gasteiger partial charge in [0, 0.05) is 6.42 Å². The number of hydrogen-bond acceptors (Lipinski definition) is 6. The number of carbonyl (C=O) groups is 3. The van der Waals surface area contributed by atoms with Crippen LogP contribution in [0.2, 0.25) is 0 Å². The summed E-state index contributed by atoms with van der Waals surface area (Å²) < 4.78 is 5.53. The molecule has 176 valence electrons. The lowest BCUT2D eigenvalue weighted by Crippen LogP contribution is -2.37. The van der Waals surface area contributed by atoms with Crippen LogP contribution in [0.3, 0.4) is 0 Å². The van der Waals surface area contributed by atoms with Gasteiger partial charge in [0.15, 0.2) is 6.04 Å². The molecule has 0 spiro atoms. The summed E-state index contributed by atoms with van der Waals surface area (Å²) in [5, 5.41) is 9.78. The molecule has 4 rings (SSSR count). The standard InChI is InChI=1S/C27H21NO5S2/c29-24-22(35-27(34)28(24)23(25(30)31)20-9-5-2-6-10-20)17-19-11-13-21(14-12-19)26(32)33-16-15-18-7-3-1-4-8-18/h1-14,17,23H,15-16H2,(H,30,31)/b22-17-/t23-/m1/s1. The first-order valence-corrected chi connectivity index (χ1v) is 12.0. The number of rotatable bonds is 8. The van der Waals surface area contributed by atoms with Crippen molar-refractivity contribution in [3.63, 3.8) is 0 Å². The van der Waals surface area contributed by atoms with Crippen molar-refractivity contribution in [1.82, 2.24) is 4.90 Å². The lowest BCUT2D eigenvalue weighted by atomic mass is 10.1. The number of carboxylic acids is 1. The number of carbonyl (C=O) groups excluding carboxylic acids is 2. The molecule has 3 aromatic carbocycles. The van der Waals surface area contributed by atoms with E-state index in [0.717, 1.165) is 22.2 Å². The minimum absolute atomic E-state index is 0.177. The van der Waals surface area contributed by atoms with E-state index in [1.165, 1.54) is 0 Å². The van der Waals surface area contributed by atoms with Crippen LogP contribution < -0.4 is 0 Å². The Balaban J connectivity index is 1.43. The Labute approximate surface area is 212 Å². The summed E-state index contributed by atoms with van der Waals surface area (Å²) in [6, 6.07) is 23.7. The maximum atomic E-state index is 13.1. The third-order valence-electron chi connectivity index (χ3n) is 5.34. The molecule has 1 aliphatic rings.